The van der Waals surface area contributed by atoms with E-state index < -0.39 is 5.94 Å². The van der Waals surface area contributed by atoms with E-state index in [0.29, 0.717) is 17.8 Å². The molecule has 8 heteroatoms. The maximum Gasteiger partial charge on any atom is 0.285 e. The van der Waals surface area contributed by atoms with E-state index in [0.717, 1.165) is 0 Å². The second kappa shape index (κ2) is 5.11. The van der Waals surface area contributed by atoms with Crippen molar-refractivity contribution in [1.82, 2.24) is 15.7 Å². The molecule has 2 N–H and O–H groups in total. The van der Waals surface area contributed by atoms with E-state index in [1.54, 1.807) is 6.07 Å². The predicted octanol–water partition coefficient (Wildman–Crippen LogP) is -0.117. The van der Waals surface area contributed by atoms with Crippen LogP contribution in [0.4, 0.5) is 0 Å². The first kappa shape index (κ1) is 11.8. The van der Waals surface area contributed by atoms with Crippen LogP contribution < -0.4 is 10.4 Å². The Morgan fingerprint density at radius 2 is 2.47 bits per heavy atom. The summed E-state index contributed by atoms with van der Waals surface area (Å²) in [5.41, 5.74) is 3.09. The third-order valence-electron chi connectivity index (χ3n) is 2.25. The molecule has 2 unspecified atom stereocenters. The molecule has 0 fully saturated rings. The van der Waals surface area contributed by atoms with Crippen molar-refractivity contribution in [3.05, 3.63) is 17.8 Å². The van der Waals surface area contributed by atoms with E-state index in [4.69, 9.17) is 17.9 Å². The van der Waals surface area contributed by atoms with Crippen LogP contribution in [0, 0.1) is 0 Å². The molecule has 7 nitrogen and oxygen atoms in total. The van der Waals surface area contributed by atoms with Gasteiger partial charge in [-0.25, -0.2) is 10.7 Å². The van der Waals surface area contributed by atoms with Gasteiger partial charge < -0.3 is 4.89 Å². The van der Waals surface area contributed by atoms with Crippen LogP contribution in [-0.2, 0) is 4.84 Å². The number of aliphatic imine (C=N–C) groups is 1. The quantitative estimate of drug-likeness (QED) is 0.421. The molecule has 0 aliphatic carbocycles. The Morgan fingerprint density at radius 1 is 1.65 bits per heavy atom. The Hall–Kier alpha value is -1.67. The Labute approximate surface area is 99.2 Å². The number of aromatic nitrogens is 2. The predicted molar refractivity (Wildman–Crippen MR) is 59.7 cm³/mol. The van der Waals surface area contributed by atoms with Gasteiger partial charge in [-0.1, -0.05) is 0 Å². The van der Waals surface area contributed by atoms with Crippen molar-refractivity contribution in [2.45, 2.75) is 25.4 Å². The zero-order chi connectivity index (χ0) is 12.3. The van der Waals surface area contributed by atoms with E-state index in [1.807, 2.05) is 6.92 Å². The van der Waals surface area contributed by atoms with Gasteiger partial charge >= 0.3 is 0 Å². The first-order valence-corrected chi connectivity index (χ1v) is 5.09. The third-order valence-corrected chi connectivity index (χ3v) is 2.25. The molecule has 1 aromatic rings. The molecule has 88 valence electrons. The minimum atomic E-state index is -0.394. The SMILES string of the molecule is [B]C1CC(C)ONC(c2ccnnc2OO)=N1. The standard InChI is InChI=1S/C9H11BN4O3/c1-5-4-7(10)12-8(14-16-5)6-2-3-11-13-9(6)17-15/h2-3,5,7,15H,4H2,1H3,(H,12,14). The van der Waals surface area contributed by atoms with Crippen LogP contribution in [0.2, 0.25) is 0 Å². The van der Waals surface area contributed by atoms with Crippen LogP contribution in [0.1, 0.15) is 18.9 Å². The lowest BCUT2D eigenvalue weighted by atomic mass is 9.92. The van der Waals surface area contributed by atoms with Crippen LogP contribution in [0.3, 0.4) is 0 Å². The smallest absolute Gasteiger partial charge is 0.285 e. The summed E-state index contributed by atoms with van der Waals surface area (Å²) in [5, 5.41) is 15.9. The lowest BCUT2D eigenvalue weighted by molar-refractivity contribution is -0.142. The summed E-state index contributed by atoms with van der Waals surface area (Å²) in [5.74, 6) is -0.111. The summed E-state index contributed by atoms with van der Waals surface area (Å²) in [4.78, 5) is 13.6. The van der Waals surface area contributed by atoms with Crippen LogP contribution in [0.15, 0.2) is 17.3 Å². The van der Waals surface area contributed by atoms with Gasteiger partial charge in [0.05, 0.1) is 17.9 Å². The van der Waals surface area contributed by atoms with Gasteiger partial charge in [0.2, 0.25) is 0 Å². The van der Waals surface area contributed by atoms with Crippen LogP contribution in [0.5, 0.6) is 5.88 Å². The summed E-state index contributed by atoms with van der Waals surface area (Å²) in [6.07, 6.45) is 1.96. The van der Waals surface area contributed by atoms with E-state index in [9.17, 15) is 0 Å². The molecule has 1 aliphatic rings. The molecule has 2 atom stereocenters. The van der Waals surface area contributed by atoms with Crippen molar-refractivity contribution >= 4 is 13.7 Å². The fourth-order valence-electron chi connectivity index (χ4n) is 1.48. The second-order valence-corrected chi connectivity index (χ2v) is 3.65. The fraction of sp³-hybridized carbons (Fsp3) is 0.444. The molecule has 2 radical (unpaired) electrons. The lowest BCUT2D eigenvalue weighted by Crippen LogP contribution is -2.27. The Balaban J connectivity index is 2.32. The largest absolute Gasteiger partial charge is 0.317 e. The van der Waals surface area contributed by atoms with Crippen molar-refractivity contribution in [2.75, 3.05) is 0 Å². The molecule has 17 heavy (non-hydrogen) atoms. The second-order valence-electron chi connectivity index (χ2n) is 3.65. The molecule has 0 bridgehead atoms. The number of nitrogens with zero attached hydrogens (tertiary/aromatic N) is 3. The minimum Gasteiger partial charge on any atom is -0.317 e. The fourth-order valence-corrected chi connectivity index (χ4v) is 1.48. The highest BCUT2D eigenvalue weighted by atomic mass is 17.1. The molecule has 1 aromatic heterocycles. The zero-order valence-electron chi connectivity index (χ0n) is 9.20. The lowest BCUT2D eigenvalue weighted by Gasteiger charge is -2.11. The van der Waals surface area contributed by atoms with Gasteiger partial charge in [0.15, 0.2) is 5.84 Å². The summed E-state index contributed by atoms with van der Waals surface area (Å²) in [7, 11) is 5.80. The van der Waals surface area contributed by atoms with E-state index in [1.165, 1.54) is 6.20 Å². The molecule has 2 rings (SSSR count). The molecule has 0 spiro atoms. The van der Waals surface area contributed by atoms with E-state index in [2.05, 4.69) is 25.6 Å². The number of rotatable bonds is 2. The highest BCUT2D eigenvalue weighted by Crippen LogP contribution is 2.16. The van der Waals surface area contributed by atoms with Crippen molar-refractivity contribution in [3.8, 4) is 5.88 Å². The Morgan fingerprint density at radius 3 is 3.24 bits per heavy atom. The molecule has 0 amide bonds. The molecule has 2 heterocycles. The number of nitrogens with one attached hydrogen (secondary N) is 1. The first-order valence-electron chi connectivity index (χ1n) is 5.09. The van der Waals surface area contributed by atoms with E-state index in [-0.39, 0.29) is 12.0 Å². The molecule has 0 aromatic carbocycles. The maximum atomic E-state index is 8.68. The van der Waals surface area contributed by atoms with Gasteiger partial charge in [-0.05, 0) is 19.4 Å². The normalized spacial score (nSPS) is 24.5. The summed E-state index contributed by atoms with van der Waals surface area (Å²) in [6, 6.07) is 1.58. The monoisotopic (exact) mass is 234 g/mol. The highest BCUT2D eigenvalue weighted by Gasteiger charge is 2.19. The minimum absolute atomic E-state index is 0.0656. The number of amidine groups is 1. The van der Waals surface area contributed by atoms with Crippen molar-refractivity contribution in [1.29, 1.82) is 0 Å². The maximum absolute atomic E-state index is 8.68. The zero-order valence-corrected chi connectivity index (χ0v) is 9.20. The van der Waals surface area contributed by atoms with E-state index >= 15 is 0 Å². The first-order chi connectivity index (χ1) is 8.20. The number of hydroxylamine groups is 1. The summed E-state index contributed by atoms with van der Waals surface area (Å²) >= 11 is 0. The number of hydrogen-bond acceptors (Lipinski definition) is 7. The van der Waals surface area contributed by atoms with Crippen molar-refractivity contribution < 1.29 is 15.0 Å². The third kappa shape index (κ3) is 2.72. The Bertz CT molecular complexity index is 428. The van der Waals surface area contributed by atoms with Crippen LogP contribution in [0.25, 0.3) is 0 Å². The van der Waals surface area contributed by atoms with Crippen molar-refractivity contribution in [2.24, 2.45) is 4.99 Å². The average Bonchev–Trinajstić information content (AvgIpc) is 2.50. The van der Waals surface area contributed by atoms with Gasteiger partial charge in [0, 0.05) is 5.94 Å². The molecular weight excluding hydrogens is 223 g/mol. The van der Waals surface area contributed by atoms with Gasteiger partial charge in [-0.15, -0.1) is 5.10 Å². The average molecular weight is 234 g/mol. The topological polar surface area (TPSA) is 88.9 Å². The highest BCUT2D eigenvalue weighted by molar-refractivity contribution is 6.13. The molecule has 0 saturated heterocycles. The summed E-state index contributed by atoms with van der Waals surface area (Å²) < 4.78 is 0. The van der Waals surface area contributed by atoms with Gasteiger partial charge in [-0.2, -0.15) is 5.10 Å². The Kier molecular flexibility index (Phi) is 3.55. The van der Waals surface area contributed by atoms with Gasteiger partial charge in [0.1, 0.15) is 7.85 Å². The number of hydrogen-bond donors (Lipinski definition) is 2. The van der Waals surface area contributed by atoms with Crippen LogP contribution in [-0.4, -0.2) is 41.2 Å². The molecule has 0 saturated carbocycles. The van der Waals surface area contributed by atoms with Crippen molar-refractivity contribution in [3.63, 3.8) is 0 Å². The summed E-state index contributed by atoms with van der Waals surface area (Å²) in [6.45, 7) is 1.87. The molecular formula is C9H11BN4O3. The van der Waals surface area contributed by atoms with Crippen LogP contribution >= 0.6 is 0 Å². The van der Waals surface area contributed by atoms with Gasteiger partial charge in [0.25, 0.3) is 5.88 Å². The van der Waals surface area contributed by atoms with Gasteiger partial charge in [-0.3, -0.25) is 9.83 Å². The molecule has 1 aliphatic heterocycles.